The minimum atomic E-state index is -0.0287. The third-order valence-electron chi connectivity index (χ3n) is 23.6. The second-order valence-electron chi connectivity index (χ2n) is 30.5. The number of hydrogen-bond donors (Lipinski definition) is 0. The van der Waals surface area contributed by atoms with Crippen LogP contribution >= 0.6 is 47.8 Å². The highest BCUT2D eigenvalue weighted by Crippen LogP contribution is 2.60. The fourth-order valence-corrected chi connectivity index (χ4v) is 19.4. The Kier molecular flexibility index (Phi) is 29.2. The lowest BCUT2D eigenvalue weighted by Crippen LogP contribution is -2.25. The van der Waals surface area contributed by atoms with E-state index in [9.17, 15) is 0 Å². The van der Waals surface area contributed by atoms with Gasteiger partial charge in [-0.05, 0) is 211 Å². The van der Waals surface area contributed by atoms with Crippen molar-refractivity contribution in [1.29, 1.82) is 0 Å². The van der Waals surface area contributed by atoms with Crippen molar-refractivity contribution < 1.29 is 0 Å². The smallest absolute Gasteiger partial charge is 0.0215 e. The second kappa shape index (κ2) is 37.6. The zero-order valence-corrected chi connectivity index (χ0v) is 65.7. The highest BCUT2D eigenvalue weighted by molar-refractivity contribution is 9.11. The van der Waals surface area contributed by atoms with E-state index < -0.39 is 0 Å². The lowest BCUT2D eigenvalue weighted by molar-refractivity contribution is 0.398. The minimum absolute atomic E-state index is 0.0287. The Labute approximate surface area is 611 Å². The standard InChI is InChI=1S/C93H123Br3/c1-7-13-19-25-31-37-55-91(56-38-32-26-20-14-8-2)85-64-70(43-49-79(85)82-52-46-76(94)67-88(82)91)73-61-74(71-44-50-80-83-53-47-77(95)68-89(83)92(86(80)65-71,57-39-33-27-21-15-9-3)58-40-34-28-22-16-10-4)63-75(62-73)72-45-51-81-84-54-48-78(96)69-90(84)93(87(81)66-72,59-41-35-29-23-17-11-5)60-42-36-30-24-18-12-6/h43-54,61-69H,7-42,55-60H2,1-6H3. The highest BCUT2D eigenvalue weighted by atomic mass is 79.9. The van der Waals surface area contributed by atoms with Crippen LogP contribution in [0.5, 0.6) is 0 Å². The van der Waals surface area contributed by atoms with Gasteiger partial charge >= 0.3 is 0 Å². The average Bonchev–Trinajstić information content (AvgIpc) is 1.71. The summed E-state index contributed by atoms with van der Waals surface area (Å²) >= 11 is 12.2. The number of hydrogen-bond acceptors (Lipinski definition) is 0. The van der Waals surface area contributed by atoms with Crippen LogP contribution in [0.15, 0.2) is 141 Å². The molecule has 0 radical (unpaired) electrons. The second-order valence-corrected chi connectivity index (χ2v) is 33.2. The topological polar surface area (TPSA) is 0 Å². The third kappa shape index (κ3) is 17.8. The molecule has 0 aliphatic heterocycles. The van der Waals surface area contributed by atoms with E-state index in [1.165, 1.54) is 350 Å². The summed E-state index contributed by atoms with van der Waals surface area (Å²) in [5.41, 5.74) is 26.2. The van der Waals surface area contributed by atoms with Crippen LogP contribution in [-0.2, 0) is 16.2 Å². The summed E-state index contributed by atoms with van der Waals surface area (Å²) in [5.74, 6) is 0. The van der Waals surface area contributed by atoms with E-state index in [4.69, 9.17) is 0 Å². The molecule has 516 valence electrons. The van der Waals surface area contributed by atoms with Crippen molar-refractivity contribution in [3.8, 4) is 66.8 Å². The molecule has 0 spiro atoms. The average molecular weight is 1480 g/mol. The van der Waals surface area contributed by atoms with Gasteiger partial charge in [-0.2, -0.15) is 0 Å². The molecule has 3 heteroatoms. The van der Waals surface area contributed by atoms with E-state index in [1.54, 1.807) is 33.4 Å². The summed E-state index contributed by atoms with van der Waals surface area (Å²) in [6.07, 6.45) is 54.7. The zero-order chi connectivity index (χ0) is 67.2. The fraction of sp³-hybridized carbons (Fsp3) is 0.548. The lowest BCUT2D eigenvalue weighted by Gasteiger charge is -2.33. The molecular weight excluding hydrogens is 1360 g/mol. The largest absolute Gasteiger partial charge is 0.0654 e. The first kappa shape index (κ1) is 74.7. The summed E-state index contributed by atoms with van der Waals surface area (Å²) < 4.78 is 3.63. The quantitative estimate of drug-likeness (QED) is 0.0334. The molecule has 0 unspecified atom stereocenters. The molecule has 10 rings (SSSR count). The van der Waals surface area contributed by atoms with E-state index in [-0.39, 0.29) is 16.2 Å². The number of unbranched alkanes of at least 4 members (excludes halogenated alkanes) is 30. The van der Waals surface area contributed by atoms with Gasteiger partial charge in [0, 0.05) is 29.7 Å². The molecule has 0 N–H and O–H groups in total. The molecule has 7 aromatic rings. The van der Waals surface area contributed by atoms with Gasteiger partial charge in [-0.15, -0.1) is 0 Å². The van der Waals surface area contributed by atoms with Crippen LogP contribution in [-0.4, -0.2) is 0 Å². The predicted octanol–water partition coefficient (Wildman–Crippen LogP) is 32.3. The Morgan fingerprint density at radius 2 is 0.365 bits per heavy atom. The van der Waals surface area contributed by atoms with Crippen LogP contribution in [0.2, 0.25) is 0 Å². The van der Waals surface area contributed by atoms with Crippen molar-refractivity contribution in [3.63, 3.8) is 0 Å². The van der Waals surface area contributed by atoms with Gasteiger partial charge in [0.25, 0.3) is 0 Å². The molecule has 96 heavy (non-hydrogen) atoms. The highest BCUT2D eigenvalue weighted by Gasteiger charge is 2.46. The van der Waals surface area contributed by atoms with E-state index in [1.807, 2.05) is 0 Å². The van der Waals surface area contributed by atoms with Crippen LogP contribution < -0.4 is 0 Å². The van der Waals surface area contributed by atoms with Crippen molar-refractivity contribution in [2.75, 3.05) is 0 Å². The Hall–Kier alpha value is -4.02. The zero-order valence-electron chi connectivity index (χ0n) is 61.0. The molecule has 0 aromatic heterocycles. The van der Waals surface area contributed by atoms with Gasteiger partial charge in [-0.25, -0.2) is 0 Å². The van der Waals surface area contributed by atoms with Crippen LogP contribution in [0.3, 0.4) is 0 Å². The van der Waals surface area contributed by atoms with E-state index >= 15 is 0 Å². The molecular formula is C93H123Br3. The van der Waals surface area contributed by atoms with E-state index in [2.05, 4.69) is 217 Å². The fourth-order valence-electron chi connectivity index (χ4n) is 18.3. The minimum Gasteiger partial charge on any atom is -0.0654 e. The SMILES string of the molecule is CCCCCCCCC1(CCCCCCCC)c2cc(Br)ccc2-c2ccc(-c3cc(-c4ccc5c(c4)C(CCCCCCCC)(CCCCCCCC)c4cc(Br)ccc4-5)cc(-c4ccc5c(c4)C(CCCCCCCC)(CCCCCCCC)c4cc(Br)ccc4-5)c3)cc21. The molecule has 0 nitrogen and oxygen atoms in total. The van der Waals surface area contributed by atoms with Gasteiger partial charge in [0.2, 0.25) is 0 Å². The van der Waals surface area contributed by atoms with Crippen molar-refractivity contribution in [2.24, 2.45) is 0 Å². The van der Waals surface area contributed by atoms with Gasteiger partial charge in [-0.3, -0.25) is 0 Å². The van der Waals surface area contributed by atoms with Crippen molar-refractivity contribution in [1.82, 2.24) is 0 Å². The maximum atomic E-state index is 4.06. The van der Waals surface area contributed by atoms with Gasteiger partial charge in [0.15, 0.2) is 0 Å². The Morgan fingerprint density at radius 3 is 0.573 bits per heavy atom. The first-order valence-electron chi connectivity index (χ1n) is 40.1. The van der Waals surface area contributed by atoms with Crippen molar-refractivity contribution in [3.05, 3.63) is 174 Å². The number of benzene rings is 7. The van der Waals surface area contributed by atoms with E-state index in [0.717, 1.165) is 0 Å². The molecule has 0 saturated heterocycles. The summed E-state index contributed by atoms with van der Waals surface area (Å²) in [6, 6.07) is 53.2. The maximum Gasteiger partial charge on any atom is 0.0215 e. The molecule has 0 saturated carbocycles. The molecule has 0 fully saturated rings. The van der Waals surface area contributed by atoms with Crippen LogP contribution in [0.4, 0.5) is 0 Å². The maximum absolute atomic E-state index is 4.06. The normalized spacial score (nSPS) is 14.2. The first-order valence-corrected chi connectivity index (χ1v) is 42.5. The van der Waals surface area contributed by atoms with Gasteiger partial charge in [0.1, 0.15) is 0 Å². The molecule has 0 heterocycles. The first-order chi connectivity index (χ1) is 47.1. The van der Waals surface area contributed by atoms with Gasteiger partial charge in [-0.1, -0.05) is 375 Å². The third-order valence-corrected chi connectivity index (χ3v) is 25.1. The molecule has 3 aliphatic rings. The summed E-state index contributed by atoms with van der Waals surface area (Å²) in [5, 5.41) is 0. The van der Waals surface area contributed by atoms with Crippen LogP contribution in [0.25, 0.3) is 66.8 Å². The number of rotatable bonds is 45. The molecule has 3 aliphatic carbocycles. The molecule has 0 atom stereocenters. The summed E-state index contributed by atoms with van der Waals surface area (Å²) in [4.78, 5) is 0. The molecule has 7 aromatic carbocycles. The van der Waals surface area contributed by atoms with Crippen LogP contribution in [0, 0.1) is 0 Å². The van der Waals surface area contributed by atoms with E-state index in [0.29, 0.717) is 0 Å². The summed E-state index contributed by atoms with van der Waals surface area (Å²) in [6.45, 7) is 14.1. The molecule has 0 amide bonds. The monoisotopic (exact) mass is 1480 g/mol. The molecule has 0 bridgehead atoms. The van der Waals surface area contributed by atoms with Crippen LogP contribution in [0.1, 0.15) is 345 Å². The van der Waals surface area contributed by atoms with Crippen molar-refractivity contribution >= 4 is 47.8 Å². The Bertz CT molecular complexity index is 3130. The lowest BCUT2D eigenvalue weighted by atomic mass is 9.70. The Morgan fingerprint density at radius 1 is 0.188 bits per heavy atom. The van der Waals surface area contributed by atoms with Gasteiger partial charge in [0.05, 0.1) is 0 Å². The number of fused-ring (bicyclic) bond motifs is 9. The summed E-state index contributed by atoms with van der Waals surface area (Å²) in [7, 11) is 0. The van der Waals surface area contributed by atoms with Crippen molar-refractivity contribution in [2.45, 2.75) is 327 Å². The predicted molar refractivity (Wildman–Crippen MR) is 432 cm³/mol. The Balaban J connectivity index is 1.15. The number of halogens is 3. The van der Waals surface area contributed by atoms with Gasteiger partial charge < -0.3 is 0 Å².